The summed E-state index contributed by atoms with van der Waals surface area (Å²) in [6, 6.07) is 1.89. The Bertz CT molecular complexity index is 459. The van der Waals surface area contributed by atoms with E-state index >= 15 is 0 Å². The SMILES string of the molecule is COC(C)CCC(=O)NCc1sccc1C#CCO. The Morgan fingerprint density at radius 3 is 3.11 bits per heavy atom. The average Bonchev–Trinajstić information content (AvgIpc) is 2.87. The molecule has 0 aliphatic carbocycles. The van der Waals surface area contributed by atoms with Gasteiger partial charge in [0.25, 0.3) is 0 Å². The van der Waals surface area contributed by atoms with Crippen molar-refractivity contribution in [3.05, 3.63) is 21.9 Å². The molecule has 1 heterocycles. The molecule has 1 amide bonds. The number of amides is 1. The molecule has 5 heteroatoms. The molecule has 0 aliphatic rings. The van der Waals surface area contributed by atoms with Gasteiger partial charge in [-0.15, -0.1) is 11.3 Å². The summed E-state index contributed by atoms with van der Waals surface area (Å²) in [6.07, 6.45) is 1.26. The predicted octanol–water partition coefficient (Wildman–Crippen LogP) is 1.52. The van der Waals surface area contributed by atoms with E-state index in [1.807, 2.05) is 18.4 Å². The molecule has 0 spiro atoms. The van der Waals surface area contributed by atoms with Crippen LogP contribution in [0.25, 0.3) is 0 Å². The van der Waals surface area contributed by atoms with Crippen LogP contribution >= 0.6 is 11.3 Å². The van der Waals surface area contributed by atoms with Crippen LogP contribution in [-0.2, 0) is 16.1 Å². The molecule has 0 fully saturated rings. The largest absolute Gasteiger partial charge is 0.384 e. The summed E-state index contributed by atoms with van der Waals surface area (Å²) in [6.45, 7) is 2.26. The predicted molar refractivity (Wildman–Crippen MR) is 75.8 cm³/mol. The molecule has 4 nitrogen and oxygen atoms in total. The van der Waals surface area contributed by atoms with Crippen LogP contribution in [0.15, 0.2) is 11.4 Å². The van der Waals surface area contributed by atoms with Gasteiger partial charge < -0.3 is 15.2 Å². The van der Waals surface area contributed by atoms with Crippen molar-refractivity contribution in [3.63, 3.8) is 0 Å². The van der Waals surface area contributed by atoms with Crippen molar-refractivity contribution in [2.75, 3.05) is 13.7 Å². The summed E-state index contributed by atoms with van der Waals surface area (Å²) in [5, 5.41) is 13.5. The highest BCUT2D eigenvalue weighted by Gasteiger charge is 2.07. The zero-order chi connectivity index (χ0) is 14.1. The Balaban J connectivity index is 2.40. The number of hydrogen-bond acceptors (Lipinski definition) is 4. The van der Waals surface area contributed by atoms with Crippen LogP contribution in [0.4, 0.5) is 0 Å². The Morgan fingerprint density at radius 1 is 1.63 bits per heavy atom. The lowest BCUT2D eigenvalue weighted by Crippen LogP contribution is -2.23. The first-order valence-corrected chi connectivity index (χ1v) is 7.01. The van der Waals surface area contributed by atoms with Gasteiger partial charge in [-0.1, -0.05) is 11.8 Å². The number of nitrogens with one attached hydrogen (secondary N) is 1. The third-order valence-electron chi connectivity index (χ3n) is 2.67. The second-order valence-electron chi connectivity index (χ2n) is 4.08. The minimum Gasteiger partial charge on any atom is -0.384 e. The summed E-state index contributed by atoms with van der Waals surface area (Å²) in [7, 11) is 1.64. The molecular formula is C14H19NO3S. The summed E-state index contributed by atoms with van der Waals surface area (Å²) in [5.41, 5.74) is 0.865. The molecule has 1 rings (SSSR count). The second-order valence-corrected chi connectivity index (χ2v) is 5.08. The molecular weight excluding hydrogens is 262 g/mol. The van der Waals surface area contributed by atoms with E-state index in [4.69, 9.17) is 9.84 Å². The highest BCUT2D eigenvalue weighted by molar-refractivity contribution is 7.10. The molecule has 0 aliphatic heterocycles. The maximum atomic E-state index is 11.6. The smallest absolute Gasteiger partial charge is 0.220 e. The lowest BCUT2D eigenvalue weighted by Gasteiger charge is -2.09. The van der Waals surface area contributed by atoms with Crippen molar-refractivity contribution in [1.82, 2.24) is 5.32 Å². The van der Waals surface area contributed by atoms with E-state index in [0.29, 0.717) is 19.4 Å². The molecule has 1 aromatic heterocycles. The van der Waals surface area contributed by atoms with Crippen molar-refractivity contribution in [1.29, 1.82) is 0 Å². The van der Waals surface area contributed by atoms with Gasteiger partial charge in [-0.25, -0.2) is 0 Å². The molecule has 1 aromatic rings. The Kier molecular flexibility index (Phi) is 7.19. The fourth-order valence-corrected chi connectivity index (χ4v) is 2.21. The van der Waals surface area contributed by atoms with Crippen molar-refractivity contribution in [2.24, 2.45) is 0 Å². The molecule has 1 unspecified atom stereocenters. The van der Waals surface area contributed by atoms with Crippen molar-refractivity contribution >= 4 is 17.2 Å². The summed E-state index contributed by atoms with van der Waals surface area (Å²) in [4.78, 5) is 12.7. The zero-order valence-corrected chi connectivity index (χ0v) is 12.0. The normalized spacial score (nSPS) is 11.5. The minimum atomic E-state index is -0.156. The quantitative estimate of drug-likeness (QED) is 0.777. The van der Waals surface area contributed by atoms with Gasteiger partial charge in [0.15, 0.2) is 0 Å². The molecule has 0 saturated heterocycles. The van der Waals surface area contributed by atoms with Gasteiger partial charge in [0, 0.05) is 24.0 Å². The Hall–Kier alpha value is -1.35. The fourth-order valence-electron chi connectivity index (χ4n) is 1.44. The van der Waals surface area contributed by atoms with Crippen LogP contribution in [0.3, 0.4) is 0 Å². The lowest BCUT2D eigenvalue weighted by molar-refractivity contribution is -0.121. The van der Waals surface area contributed by atoms with Gasteiger partial charge in [0.05, 0.1) is 12.6 Å². The third-order valence-corrected chi connectivity index (χ3v) is 3.59. The first-order valence-electron chi connectivity index (χ1n) is 6.13. The van der Waals surface area contributed by atoms with E-state index in [9.17, 15) is 4.79 Å². The van der Waals surface area contributed by atoms with Gasteiger partial charge >= 0.3 is 0 Å². The van der Waals surface area contributed by atoms with Crippen LogP contribution in [0.1, 0.15) is 30.2 Å². The average molecular weight is 281 g/mol. The van der Waals surface area contributed by atoms with E-state index < -0.39 is 0 Å². The summed E-state index contributed by atoms with van der Waals surface area (Å²) in [5.74, 6) is 5.49. The van der Waals surface area contributed by atoms with Crippen LogP contribution in [0.5, 0.6) is 0 Å². The summed E-state index contributed by atoms with van der Waals surface area (Å²) >= 11 is 1.55. The van der Waals surface area contributed by atoms with E-state index in [1.54, 1.807) is 18.4 Å². The molecule has 1 atom stereocenters. The molecule has 0 bridgehead atoms. The topological polar surface area (TPSA) is 58.6 Å². The highest BCUT2D eigenvalue weighted by Crippen LogP contribution is 2.15. The van der Waals surface area contributed by atoms with Crippen molar-refractivity contribution in [2.45, 2.75) is 32.4 Å². The number of methoxy groups -OCH3 is 1. The number of hydrogen-bond donors (Lipinski definition) is 2. The van der Waals surface area contributed by atoms with Crippen LogP contribution in [-0.4, -0.2) is 30.8 Å². The van der Waals surface area contributed by atoms with Crippen LogP contribution < -0.4 is 5.32 Å². The molecule has 19 heavy (non-hydrogen) atoms. The van der Waals surface area contributed by atoms with E-state index in [0.717, 1.165) is 10.4 Å². The molecule has 0 aromatic carbocycles. The summed E-state index contributed by atoms with van der Waals surface area (Å²) < 4.78 is 5.09. The second kappa shape index (κ2) is 8.70. The number of thiophene rings is 1. The number of ether oxygens (including phenoxy) is 1. The Morgan fingerprint density at radius 2 is 2.42 bits per heavy atom. The number of aliphatic hydroxyl groups excluding tert-OH is 1. The number of carbonyl (C=O) groups is 1. The number of carbonyl (C=O) groups excluding carboxylic acids is 1. The van der Waals surface area contributed by atoms with Gasteiger partial charge in [-0.05, 0) is 24.8 Å². The highest BCUT2D eigenvalue weighted by atomic mass is 32.1. The fraction of sp³-hybridized carbons (Fsp3) is 0.500. The first-order chi connectivity index (χ1) is 9.17. The molecule has 2 N–H and O–H groups in total. The monoisotopic (exact) mass is 281 g/mol. The van der Waals surface area contributed by atoms with E-state index in [1.165, 1.54) is 0 Å². The third kappa shape index (κ3) is 5.88. The zero-order valence-electron chi connectivity index (χ0n) is 11.2. The minimum absolute atomic E-state index is 0.0124. The first kappa shape index (κ1) is 15.7. The van der Waals surface area contributed by atoms with Gasteiger partial charge in [0.1, 0.15) is 6.61 Å². The lowest BCUT2D eigenvalue weighted by atomic mass is 10.2. The standard InChI is InChI=1S/C14H19NO3S/c1-11(18-2)5-6-14(17)15-10-13-12(4-3-8-16)7-9-19-13/h7,9,11,16H,5-6,8,10H2,1-2H3,(H,15,17). The number of aliphatic hydroxyl groups is 1. The molecule has 104 valence electrons. The van der Waals surface area contributed by atoms with E-state index in [2.05, 4.69) is 17.2 Å². The van der Waals surface area contributed by atoms with Gasteiger partial charge in [-0.3, -0.25) is 4.79 Å². The Labute approximate surface area is 117 Å². The molecule has 0 saturated carbocycles. The van der Waals surface area contributed by atoms with Gasteiger partial charge in [-0.2, -0.15) is 0 Å². The van der Waals surface area contributed by atoms with Gasteiger partial charge in [0.2, 0.25) is 5.91 Å². The number of rotatable bonds is 6. The van der Waals surface area contributed by atoms with Crippen LogP contribution in [0, 0.1) is 11.8 Å². The van der Waals surface area contributed by atoms with E-state index in [-0.39, 0.29) is 18.6 Å². The van der Waals surface area contributed by atoms with Crippen molar-refractivity contribution < 1.29 is 14.6 Å². The molecule has 0 radical (unpaired) electrons. The van der Waals surface area contributed by atoms with Crippen LogP contribution in [0.2, 0.25) is 0 Å². The van der Waals surface area contributed by atoms with Crippen molar-refractivity contribution in [3.8, 4) is 11.8 Å². The maximum Gasteiger partial charge on any atom is 0.220 e. The maximum absolute atomic E-state index is 11.6.